The quantitative estimate of drug-likeness (QED) is 0.614. The summed E-state index contributed by atoms with van der Waals surface area (Å²) in [4.78, 5) is 0. The van der Waals surface area contributed by atoms with E-state index in [1.807, 2.05) is 0 Å². The zero-order chi connectivity index (χ0) is 13.5. The lowest BCUT2D eigenvalue weighted by Gasteiger charge is -2.30. The van der Waals surface area contributed by atoms with E-state index >= 15 is 0 Å². The van der Waals surface area contributed by atoms with Gasteiger partial charge in [-0.05, 0) is 79.5 Å². The van der Waals surface area contributed by atoms with Crippen molar-refractivity contribution in [2.24, 2.45) is 5.41 Å². The first-order valence-corrected chi connectivity index (χ1v) is 7.55. The standard InChI is InChI=1S/C17H21I/c1-11-12(2)14(4)17(5,13(11)3)10-15-8-6-7-9-16(15)18/h6-9H,10H2,1-5H3. The van der Waals surface area contributed by atoms with Crippen molar-refractivity contribution >= 4 is 22.6 Å². The van der Waals surface area contributed by atoms with Gasteiger partial charge in [-0.25, -0.2) is 0 Å². The summed E-state index contributed by atoms with van der Waals surface area (Å²) in [5.74, 6) is 0. The average Bonchev–Trinajstić information content (AvgIpc) is 2.49. The molecule has 0 unspecified atom stereocenters. The minimum absolute atomic E-state index is 0.204. The Morgan fingerprint density at radius 3 is 1.94 bits per heavy atom. The molecule has 0 spiro atoms. The van der Waals surface area contributed by atoms with Gasteiger partial charge in [0.1, 0.15) is 0 Å². The van der Waals surface area contributed by atoms with Gasteiger partial charge in [-0.2, -0.15) is 0 Å². The molecular formula is C17H21I. The first-order chi connectivity index (χ1) is 8.38. The van der Waals surface area contributed by atoms with Gasteiger partial charge in [0.05, 0.1) is 0 Å². The fourth-order valence-corrected chi connectivity index (χ4v) is 3.54. The zero-order valence-electron chi connectivity index (χ0n) is 11.9. The lowest BCUT2D eigenvalue weighted by molar-refractivity contribution is 0.482. The van der Waals surface area contributed by atoms with Gasteiger partial charge in [-0.1, -0.05) is 36.3 Å². The minimum atomic E-state index is 0.204. The number of allylic oxidation sites excluding steroid dienone is 4. The van der Waals surface area contributed by atoms with E-state index in [-0.39, 0.29) is 5.41 Å². The fraction of sp³-hybridized carbons (Fsp3) is 0.412. The molecule has 0 bridgehead atoms. The van der Waals surface area contributed by atoms with Crippen molar-refractivity contribution in [2.45, 2.75) is 41.0 Å². The summed E-state index contributed by atoms with van der Waals surface area (Å²) in [6.45, 7) is 11.5. The summed E-state index contributed by atoms with van der Waals surface area (Å²) in [6, 6.07) is 8.72. The van der Waals surface area contributed by atoms with Gasteiger partial charge in [-0.15, -0.1) is 0 Å². The Hall–Kier alpha value is -0.570. The third-order valence-corrected chi connectivity index (χ3v) is 5.90. The second-order valence-corrected chi connectivity index (χ2v) is 6.76. The van der Waals surface area contributed by atoms with Gasteiger partial charge in [0.25, 0.3) is 0 Å². The van der Waals surface area contributed by atoms with Crippen LogP contribution in [0, 0.1) is 8.99 Å². The predicted octanol–water partition coefficient (Wildman–Crippen LogP) is 5.53. The van der Waals surface area contributed by atoms with Crippen molar-refractivity contribution in [1.82, 2.24) is 0 Å². The maximum atomic E-state index is 2.45. The Morgan fingerprint density at radius 2 is 1.44 bits per heavy atom. The Balaban J connectivity index is 2.44. The molecule has 0 heterocycles. The molecule has 0 atom stereocenters. The molecule has 0 saturated heterocycles. The van der Waals surface area contributed by atoms with Crippen molar-refractivity contribution in [1.29, 1.82) is 0 Å². The predicted molar refractivity (Wildman–Crippen MR) is 87.7 cm³/mol. The highest BCUT2D eigenvalue weighted by atomic mass is 127. The Labute approximate surface area is 124 Å². The summed E-state index contributed by atoms with van der Waals surface area (Å²) < 4.78 is 1.37. The molecule has 0 aliphatic heterocycles. The summed E-state index contributed by atoms with van der Waals surface area (Å²) in [6.07, 6.45) is 1.11. The van der Waals surface area contributed by atoms with Gasteiger partial charge in [0.2, 0.25) is 0 Å². The normalized spacial score (nSPS) is 18.8. The van der Waals surface area contributed by atoms with Crippen LogP contribution in [0.4, 0.5) is 0 Å². The van der Waals surface area contributed by atoms with Gasteiger partial charge in [0.15, 0.2) is 0 Å². The van der Waals surface area contributed by atoms with Crippen LogP contribution in [-0.4, -0.2) is 0 Å². The van der Waals surface area contributed by atoms with E-state index in [1.54, 1.807) is 0 Å². The van der Waals surface area contributed by atoms with Crippen molar-refractivity contribution in [3.05, 3.63) is 55.7 Å². The molecule has 1 aromatic carbocycles. The molecule has 1 aliphatic carbocycles. The fourth-order valence-electron chi connectivity index (χ4n) is 2.96. The van der Waals surface area contributed by atoms with Crippen LogP contribution < -0.4 is 0 Å². The molecule has 1 aromatic rings. The van der Waals surface area contributed by atoms with Crippen LogP contribution in [0.3, 0.4) is 0 Å². The van der Waals surface area contributed by atoms with Crippen molar-refractivity contribution in [3.8, 4) is 0 Å². The second-order valence-electron chi connectivity index (χ2n) is 5.60. The Morgan fingerprint density at radius 1 is 0.944 bits per heavy atom. The molecule has 0 fully saturated rings. The summed E-state index contributed by atoms with van der Waals surface area (Å²) in [5.41, 5.74) is 7.72. The van der Waals surface area contributed by atoms with Crippen LogP contribution in [0.5, 0.6) is 0 Å². The molecule has 0 saturated carbocycles. The average molecular weight is 352 g/mol. The molecule has 0 N–H and O–H groups in total. The van der Waals surface area contributed by atoms with Gasteiger partial charge >= 0.3 is 0 Å². The van der Waals surface area contributed by atoms with E-state index in [0.29, 0.717) is 0 Å². The number of rotatable bonds is 2. The Bertz CT molecular complexity index is 522. The lowest BCUT2D eigenvalue weighted by Crippen LogP contribution is -2.21. The highest BCUT2D eigenvalue weighted by Crippen LogP contribution is 2.48. The van der Waals surface area contributed by atoms with Crippen molar-refractivity contribution in [3.63, 3.8) is 0 Å². The minimum Gasteiger partial charge on any atom is -0.0619 e. The molecule has 0 nitrogen and oxygen atoms in total. The highest BCUT2D eigenvalue weighted by molar-refractivity contribution is 14.1. The molecule has 18 heavy (non-hydrogen) atoms. The highest BCUT2D eigenvalue weighted by Gasteiger charge is 2.36. The van der Waals surface area contributed by atoms with Crippen LogP contribution in [0.15, 0.2) is 46.6 Å². The molecular weight excluding hydrogens is 331 g/mol. The molecule has 2 rings (SSSR count). The van der Waals surface area contributed by atoms with E-state index in [4.69, 9.17) is 0 Å². The second kappa shape index (κ2) is 4.84. The summed E-state index contributed by atoms with van der Waals surface area (Å²) in [7, 11) is 0. The van der Waals surface area contributed by atoms with Crippen LogP contribution in [0.1, 0.15) is 40.2 Å². The zero-order valence-corrected chi connectivity index (χ0v) is 14.1. The van der Waals surface area contributed by atoms with Gasteiger partial charge in [0, 0.05) is 8.99 Å². The summed E-state index contributed by atoms with van der Waals surface area (Å²) in [5, 5.41) is 0. The van der Waals surface area contributed by atoms with Crippen molar-refractivity contribution in [2.75, 3.05) is 0 Å². The first-order valence-electron chi connectivity index (χ1n) is 6.47. The van der Waals surface area contributed by atoms with Crippen LogP contribution in [0.2, 0.25) is 0 Å². The molecule has 1 aliphatic rings. The van der Waals surface area contributed by atoms with Gasteiger partial charge < -0.3 is 0 Å². The molecule has 0 aromatic heterocycles. The molecule has 1 heteroatoms. The maximum Gasteiger partial charge on any atom is 0.0162 e. The maximum absolute atomic E-state index is 2.45. The van der Waals surface area contributed by atoms with E-state index < -0.39 is 0 Å². The van der Waals surface area contributed by atoms with E-state index in [9.17, 15) is 0 Å². The van der Waals surface area contributed by atoms with E-state index in [2.05, 4.69) is 81.5 Å². The number of hydrogen-bond acceptors (Lipinski definition) is 0. The smallest absolute Gasteiger partial charge is 0.0162 e. The largest absolute Gasteiger partial charge is 0.0619 e. The molecule has 0 radical (unpaired) electrons. The van der Waals surface area contributed by atoms with Crippen LogP contribution in [0.25, 0.3) is 0 Å². The van der Waals surface area contributed by atoms with Gasteiger partial charge in [-0.3, -0.25) is 0 Å². The Kier molecular flexibility index (Phi) is 3.72. The monoisotopic (exact) mass is 352 g/mol. The van der Waals surface area contributed by atoms with E-state index in [1.165, 1.54) is 31.4 Å². The van der Waals surface area contributed by atoms with Crippen LogP contribution >= 0.6 is 22.6 Å². The number of benzene rings is 1. The van der Waals surface area contributed by atoms with Crippen molar-refractivity contribution < 1.29 is 0 Å². The SMILES string of the molecule is CC1=C(C)C(C)(Cc2ccccc2I)C(C)=C1C. The third kappa shape index (κ3) is 2.07. The molecule has 96 valence electrons. The molecule has 0 amide bonds. The summed E-state index contributed by atoms with van der Waals surface area (Å²) >= 11 is 2.45. The lowest BCUT2D eigenvalue weighted by atomic mass is 9.74. The number of halogens is 1. The third-order valence-electron chi connectivity index (χ3n) is 4.84. The number of hydrogen-bond donors (Lipinski definition) is 0. The van der Waals surface area contributed by atoms with Crippen LogP contribution in [-0.2, 0) is 6.42 Å². The topological polar surface area (TPSA) is 0 Å². The first kappa shape index (κ1) is 13.9. The van der Waals surface area contributed by atoms with E-state index in [0.717, 1.165) is 6.42 Å².